The first-order valence-corrected chi connectivity index (χ1v) is 6.44. The highest BCUT2D eigenvalue weighted by molar-refractivity contribution is 5.94. The number of anilines is 1. The molecule has 0 heterocycles. The molecule has 2 nitrogen and oxygen atoms in total. The predicted octanol–water partition coefficient (Wildman–Crippen LogP) is 3.83. The summed E-state index contributed by atoms with van der Waals surface area (Å²) in [6.07, 6.45) is 0. The van der Waals surface area contributed by atoms with Crippen molar-refractivity contribution in [1.82, 2.24) is 0 Å². The van der Waals surface area contributed by atoms with E-state index in [2.05, 4.69) is 43.1 Å². The molecule has 0 N–H and O–H groups in total. The molecule has 0 aliphatic heterocycles. The van der Waals surface area contributed by atoms with Gasteiger partial charge in [-0.05, 0) is 49.2 Å². The molecule has 0 saturated carbocycles. The number of nitrogens with zero attached hydrogens (tertiary/aromatic N) is 1. The molecule has 0 amide bonds. The Morgan fingerprint density at radius 1 is 1.05 bits per heavy atom. The number of ketones is 1. The minimum atomic E-state index is 0.105. The first kappa shape index (κ1) is 13.3. The van der Waals surface area contributed by atoms with Crippen LogP contribution in [0.3, 0.4) is 0 Å². The molecular formula is C17H19NO. The molecule has 0 bridgehead atoms. The predicted molar refractivity (Wildman–Crippen MR) is 79.7 cm³/mol. The van der Waals surface area contributed by atoms with E-state index < -0.39 is 0 Å². The topological polar surface area (TPSA) is 20.3 Å². The van der Waals surface area contributed by atoms with Gasteiger partial charge in [-0.3, -0.25) is 4.79 Å². The first-order chi connectivity index (χ1) is 9.08. The number of hydrogen-bond donors (Lipinski definition) is 0. The summed E-state index contributed by atoms with van der Waals surface area (Å²) >= 11 is 0. The lowest BCUT2D eigenvalue weighted by Gasteiger charge is -2.20. The second kappa shape index (κ2) is 5.70. The highest BCUT2D eigenvalue weighted by Crippen LogP contribution is 2.18. The molecule has 2 rings (SSSR count). The van der Waals surface area contributed by atoms with Gasteiger partial charge in [0, 0.05) is 24.8 Å². The summed E-state index contributed by atoms with van der Waals surface area (Å²) < 4.78 is 0. The van der Waals surface area contributed by atoms with Crippen LogP contribution in [0, 0.1) is 6.92 Å². The van der Waals surface area contributed by atoms with Crippen molar-refractivity contribution in [2.45, 2.75) is 20.4 Å². The van der Waals surface area contributed by atoms with E-state index in [1.54, 1.807) is 6.92 Å². The lowest BCUT2D eigenvalue weighted by atomic mass is 10.1. The summed E-state index contributed by atoms with van der Waals surface area (Å²) in [4.78, 5) is 13.4. The quantitative estimate of drug-likeness (QED) is 0.772. The van der Waals surface area contributed by atoms with Crippen LogP contribution in [-0.2, 0) is 6.54 Å². The molecule has 19 heavy (non-hydrogen) atoms. The molecule has 0 atom stereocenters. The van der Waals surface area contributed by atoms with Gasteiger partial charge in [-0.2, -0.15) is 0 Å². The van der Waals surface area contributed by atoms with Crippen molar-refractivity contribution in [3.8, 4) is 0 Å². The van der Waals surface area contributed by atoms with Crippen LogP contribution in [0.4, 0.5) is 5.69 Å². The van der Waals surface area contributed by atoms with Gasteiger partial charge in [0.15, 0.2) is 5.78 Å². The monoisotopic (exact) mass is 253 g/mol. The number of aryl methyl sites for hydroxylation is 1. The van der Waals surface area contributed by atoms with Crippen LogP contribution in [-0.4, -0.2) is 12.8 Å². The SMILES string of the molecule is CC(=O)c1ccc(N(C)Cc2ccccc2C)cc1. The van der Waals surface area contributed by atoms with Gasteiger partial charge in [0.25, 0.3) is 0 Å². The highest BCUT2D eigenvalue weighted by atomic mass is 16.1. The lowest BCUT2D eigenvalue weighted by molar-refractivity contribution is 0.101. The summed E-state index contributed by atoms with van der Waals surface area (Å²) in [6.45, 7) is 4.58. The third-order valence-electron chi connectivity index (χ3n) is 3.38. The number of hydrogen-bond acceptors (Lipinski definition) is 2. The molecule has 0 aromatic heterocycles. The maximum atomic E-state index is 11.2. The van der Waals surface area contributed by atoms with Gasteiger partial charge in [-0.1, -0.05) is 24.3 Å². The Balaban J connectivity index is 2.14. The number of benzene rings is 2. The standard InChI is InChI=1S/C17H19NO/c1-13-6-4-5-7-16(13)12-18(3)17-10-8-15(9-11-17)14(2)19/h4-11H,12H2,1-3H3. The Kier molecular flexibility index (Phi) is 4.00. The number of Topliss-reactive ketones (excluding diaryl/α,β-unsaturated/α-hetero) is 1. The fourth-order valence-electron chi connectivity index (χ4n) is 2.08. The van der Waals surface area contributed by atoms with Crippen LogP contribution < -0.4 is 4.90 Å². The number of carbonyl (C=O) groups is 1. The summed E-state index contributed by atoms with van der Waals surface area (Å²) in [5.74, 6) is 0.105. The van der Waals surface area contributed by atoms with Crippen molar-refractivity contribution in [2.24, 2.45) is 0 Å². The fourth-order valence-corrected chi connectivity index (χ4v) is 2.08. The zero-order valence-corrected chi connectivity index (χ0v) is 11.7. The molecule has 0 fully saturated rings. The van der Waals surface area contributed by atoms with Gasteiger partial charge in [0.2, 0.25) is 0 Å². The van der Waals surface area contributed by atoms with E-state index in [9.17, 15) is 4.79 Å². The summed E-state index contributed by atoms with van der Waals surface area (Å²) in [5.41, 5.74) is 4.50. The van der Waals surface area contributed by atoms with Gasteiger partial charge >= 0.3 is 0 Å². The van der Waals surface area contributed by atoms with Crippen molar-refractivity contribution in [3.05, 3.63) is 65.2 Å². The number of carbonyl (C=O) groups excluding carboxylic acids is 1. The minimum Gasteiger partial charge on any atom is -0.370 e. The Labute approximate surface area is 114 Å². The average molecular weight is 253 g/mol. The molecule has 0 aliphatic rings. The van der Waals surface area contributed by atoms with Crippen LogP contribution in [0.1, 0.15) is 28.4 Å². The Morgan fingerprint density at radius 3 is 2.26 bits per heavy atom. The largest absolute Gasteiger partial charge is 0.370 e. The van der Waals surface area contributed by atoms with Crippen LogP contribution in [0.15, 0.2) is 48.5 Å². The molecule has 0 radical (unpaired) electrons. The molecule has 0 unspecified atom stereocenters. The smallest absolute Gasteiger partial charge is 0.159 e. The van der Waals surface area contributed by atoms with E-state index >= 15 is 0 Å². The second-order valence-electron chi connectivity index (χ2n) is 4.89. The molecule has 0 spiro atoms. The maximum absolute atomic E-state index is 11.2. The maximum Gasteiger partial charge on any atom is 0.159 e. The normalized spacial score (nSPS) is 10.3. The van der Waals surface area contributed by atoms with Gasteiger partial charge in [0.05, 0.1) is 0 Å². The first-order valence-electron chi connectivity index (χ1n) is 6.44. The van der Waals surface area contributed by atoms with E-state index in [-0.39, 0.29) is 5.78 Å². The Hall–Kier alpha value is -2.09. The molecule has 2 aromatic carbocycles. The third kappa shape index (κ3) is 3.22. The van der Waals surface area contributed by atoms with E-state index in [0.717, 1.165) is 17.8 Å². The third-order valence-corrected chi connectivity index (χ3v) is 3.38. The fraction of sp³-hybridized carbons (Fsp3) is 0.235. The van der Waals surface area contributed by atoms with E-state index in [4.69, 9.17) is 0 Å². The van der Waals surface area contributed by atoms with Crippen LogP contribution >= 0.6 is 0 Å². The van der Waals surface area contributed by atoms with Crippen molar-refractivity contribution >= 4 is 11.5 Å². The van der Waals surface area contributed by atoms with Gasteiger partial charge in [-0.25, -0.2) is 0 Å². The van der Waals surface area contributed by atoms with Crippen molar-refractivity contribution < 1.29 is 4.79 Å². The zero-order chi connectivity index (χ0) is 13.8. The molecule has 98 valence electrons. The van der Waals surface area contributed by atoms with Gasteiger partial charge in [0.1, 0.15) is 0 Å². The Morgan fingerprint density at radius 2 is 1.68 bits per heavy atom. The summed E-state index contributed by atoms with van der Waals surface area (Å²) in [7, 11) is 2.06. The summed E-state index contributed by atoms with van der Waals surface area (Å²) in [5, 5.41) is 0. The van der Waals surface area contributed by atoms with Gasteiger partial charge in [-0.15, -0.1) is 0 Å². The number of rotatable bonds is 4. The summed E-state index contributed by atoms with van der Waals surface area (Å²) in [6, 6.07) is 16.1. The van der Waals surface area contributed by atoms with E-state index in [1.807, 2.05) is 24.3 Å². The minimum absolute atomic E-state index is 0.105. The second-order valence-corrected chi connectivity index (χ2v) is 4.89. The zero-order valence-electron chi connectivity index (χ0n) is 11.7. The van der Waals surface area contributed by atoms with Crippen LogP contribution in [0.25, 0.3) is 0 Å². The van der Waals surface area contributed by atoms with Crippen molar-refractivity contribution in [3.63, 3.8) is 0 Å². The van der Waals surface area contributed by atoms with Crippen LogP contribution in [0.2, 0.25) is 0 Å². The van der Waals surface area contributed by atoms with E-state index in [0.29, 0.717) is 0 Å². The average Bonchev–Trinajstić information content (AvgIpc) is 2.41. The Bertz CT molecular complexity index is 572. The van der Waals surface area contributed by atoms with Crippen molar-refractivity contribution in [1.29, 1.82) is 0 Å². The van der Waals surface area contributed by atoms with Crippen LogP contribution in [0.5, 0.6) is 0 Å². The molecule has 0 aliphatic carbocycles. The lowest BCUT2D eigenvalue weighted by Crippen LogP contribution is -2.17. The van der Waals surface area contributed by atoms with Crippen molar-refractivity contribution in [2.75, 3.05) is 11.9 Å². The molecule has 0 saturated heterocycles. The molecular weight excluding hydrogens is 234 g/mol. The molecule has 2 aromatic rings. The van der Waals surface area contributed by atoms with E-state index in [1.165, 1.54) is 11.1 Å². The van der Waals surface area contributed by atoms with Gasteiger partial charge < -0.3 is 4.90 Å². The molecule has 2 heteroatoms. The highest BCUT2D eigenvalue weighted by Gasteiger charge is 2.05.